The molecule has 0 fully saturated rings. The molecular weight excluding hydrogens is 322 g/mol. The first-order valence-electron chi connectivity index (χ1n) is 8.20. The van der Waals surface area contributed by atoms with Crippen LogP contribution in [0.4, 0.5) is 11.6 Å². The molecule has 0 bridgehead atoms. The lowest BCUT2D eigenvalue weighted by atomic mass is 10.2. The van der Waals surface area contributed by atoms with E-state index in [1.807, 2.05) is 36.1 Å². The highest BCUT2D eigenvalue weighted by atomic mass is 16.5. The van der Waals surface area contributed by atoms with Crippen molar-refractivity contribution >= 4 is 17.5 Å². The Morgan fingerprint density at radius 2 is 2.00 bits per heavy atom. The van der Waals surface area contributed by atoms with Gasteiger partial charge in [-0.3, -0.25) is 14.2 Å². The summed E-state index contributed by atoms with van der Waals surface area (Å²) in [5, 5.41) is 10.7. The zero-order chi connectivity index (χ0) is 17.8. The van der Waals surface area contributed by atoms with Crippen molar-refractivity contribution in [1.29, 1.82) is 0 Å². The van der Waals surface area contributed by atoms with E-state index in [0.717, 1.165) is 11.3 Å². The van der Waals surface area contributed by atoms with Crippen molar-refractivity contribution in [2.45, 2.75) is 19.9 Å². The van der Waals surface area contributed by atoms with Crippen LogP contribution in [-0.2, 0) is 11.3 Å². The lowest BCUT2D eigenvalue weighted by Crippen LogP contribution is -2.35. The standard InChI is InChI=1S/C17H21N5O3/c1-12-4-6-13(7-5-12)21-9-10-22-16(24)14(19-20-17(21)22)15(23)18-8-3-11-25-2/h4-7H,3,8-11H2,1-2H3,(H,18,23). The lowest BCUT2D eigenvalue weighted by molar-refractivity contribution is 0.0940. The number of carbonyl (C=O) groups excluding carboxylic acids is 1. The van der Waals surface area contributed by atoms with Crippen molar-refractivity contribution in [2.24, 2.45) is 0 Å². The van der Waals surface area contributed by atoms with Crippen LogP contribution in [0.3, 0.4) is 0 Å². The fourth-order valence-electron chi connectivity index (χ4n) is 2.73. The van der Waals surface area contributed by atoms with Crippen LogP contribution in [0.25, 0.3) is 0 Å². The molecule has 2 heterocycles. The van der Waals surface area contributed by atoms with E-state index in [1.54, 1.807) is 7.11 Å². The number of carbonyl (C=O) groups is 1. The Morgan fingerprint density at radius 1 is 1.24 bits per heavy atom. The molecule has 0 atom stereocenters. The minimum absolute atomic E-state index is 0.174. The second-order valence-electron chi connectivity index (χ2n) is 5.89. The van der Waals surface area contributed by atoms with Gasteiger partial charge in [0, 0.05) is 39.0 Å². The van der Waals surface area contributed by atoms with Gasteiger partial charge in [0.25, 0.3) is 11.5 Å². The number of aromatic nitrogens is 3. The molecule has 0 unspecified atom stereocenters. The van der Waals surface area contributed by atoms with Crippen LogP contribution in [-0.4, -0.2) is 47.5 Å². The summed E-state index contributed by atoms with van der Waals surface area (Å²) in [6.07, 6.45) is 0.670. The van der Waals surface area contributed by atoms with Crippen LogP contribution in [0.5, 0.6) is 0 Å². The van der Waals surface area contributed by atoms with E-state index in [-0.39, 0.29) is 5.69 Å². The van der Waals surface area contributed by atoms with Crippen LogP contribution in [0.1, 0.15) is 22.5 Å². The minimum Gasteiger partial charge on any atom is -0.385 e. The van der Waals surface area contributed by atoms with E-state index < -0.39 is 11.5 Å². The minimum atomic E-state index is -0.502. The number of nitrogens with one attached hydrogen (secondary N) is 1. The van der Waals surface area contributed by atoms with Gasteiger partial charge < -0.3 is 15.0 Å². The molecule has 1 aliphatic rings. The van der Waals surface area contributed by atoms with Gasteiger partial charge >= 0.3 is 0 Å². The fourth-order valence-corrected chi connectivity index (χ4v) is 2.73. The lowest BCUT2D eigenvalue weighted by Gasteiger charge is -2.16. The van der Waals surface area contributed by atoms with Crippen LogP contribution in [0.2, 0.25) is 0 Å². The number of hydrogen-bond donors (Lipinski definition) is 1. The zero-order valence-electron chi connectivity index (χ0n) is 14.4. The summed E-state index contributed by atoms with van der Waals surface area (Å²) in [5.74, 6) is -0.0394. The van der Waals surface area contributed by atoms with E-state index in [1.165, 1.54) is 4.57 Å². The van der Waals surface area contributed by atoms with E-state index in [2.05, 4.69) is 15.5 Å². The molecule has 0 saturated heterocycles. The Bertz CT molecular complexity index is 816. The normalized spacial score (nSPS) is 13.0. The molecule has 1 aromatic heterocycles. The summed E-state index contributed by atoms with van der Waals surface area (Å²) in [7, 11) is 1.60. The molecule has 1 amide bonds. The molecule has 25 heavy (non-hydrogen) atoms. The Hall–Kier alpha value is -2.74. The number of methoxy groups -OCH3 is 1. The van der Waals surface area contributed by atoms with Gasteiger partial charge in [-0.05, 0) is 25.5 Å². The topological polar surface area (TPSA) is 89.3 Å². The molecule has 0 aliphatic carbocycles. The third kappa shape index (κ3) is 3.53. The SMILES string of the molecule is COCCCNC(=O)c1nnc2n(c1=O)CCN2c1ccc(C)cc1. The summed E-state index contributed by atoms with van der Waals surface area (Å²) < 4.78 is 6.42. The van der Waals surface area contributed by atoms with Crippen molar-refractivity contribution in [3.05, 3.63) is 45.9 Å². The third-order valence-electron chi connectivity index (χ3n) is 4.09. The number of amides is 1. The van der Waals surface area contributed by atoms with Crippen molar-refractivity contribution in [2.75, 3.05) is 31.7 Å². The number of rotatable bonds is 6. The smallest absolute Gasteiger partial charge is 0.286 e. The maximum Gasteiger partial charge on any atom is 0.286 e. The molecule has 8 heteroatoms. The molecule has 132 valence electrons. The van der Waals surface area contributed by atoms with Crippen LogP contribution < -0.4 is 15.8 Å². The highest BCUT2D eigenvalue weighted by molar-refractivity contribution is 5.91. The highest BCUT2D eigenvalue weighted by Crippen LogP contribution is 2.26. The molecular formula is C17H21N5O3. The van der Waals surface area contributed by atoms with Crippen molar-refractivity contribution < 1.29 is 9.53 Å². The van der Waals surface area contributed by atoms with Crippen molar-refractivity contribution in [1.82, 2.24) is 20.1 Å². The molecule has 8 nitrogen and oxygen atoms in total. The molecule has 0 saturated carbocycles. The average molecular weight is 343 g/mol. The first kappa shape index (κ1) is 17.1. The van der Waals surface area contributed by atoms with Crippen molar-refractivity contribution in [3.8, 4) is 0 Å². The third-order valence-corrected chi connectivity index (χ3v) is 4.09. The maximum atomic E-state index is 12.6. The Kier molecular flexibility index (Phi) is 5.08. The van der Waals surface area contributed by atoms with E-state index in [0.29, 0.717) is 38.6 Å². The number of fused-ring (bicyclic) bond motifs is 1. The first-order chi connectivity index (χ1) is 12.1. The number of nitrogens with zero attached hydrogens (tertiary/aromatic N) is 4. The molecule has 1 N–H and O–H groups in total. The van der Waals surface area contributed by atoms with Gasteiger partial charge in [-0.2, -0.15) is 0 Å². The number of ether oxygens (including phenoxy) is 1. The molecule has 1 aromatic carbocycles. The van der Waals surface area contributed by atoms with E-state index in [4.69, 9.17) is 4.74 Å². The number of aryl methyl sites for hydroxylation is 1. The maximum absolute atomic E-state index is 12.6. The predicted molar refractivity (Wildman–Crippen MR) is 93.3 cm³/mol. The number of anilines is 2. The molecule has 1 aliphatic heterocycles. The van der Waals surface area contributed by atoms with Gasteiger partial charge in [0.05, 0.1) is 0 Å². The molecule has 0 radical (unpaired) electrons. The molecule has 0 spiro atoms. The number of benzene rings is 1. The Morgan fingerprint density at radius 3 is 2.72 bits per heavy atom. The van der Waals surface area contributed by atoms with Gasteiger partial charge in [0.1, 0.15) is 0 Å². The molecule has 3 rings (SSSR count). The summed E-state index contributed by atoms with van der Waals surface area (Å²) in [5.41, 5.74) is 1.52. The van der Waals surface area contributed by atoms with Gasteiger partial charge in [-0.15, -0.1) is 10.2 Å². The second kappa shape index (κ2) is 7.43. The first-order valence-corrected chi connectivity index (χ1v) is 8.20. The van der Waals surface area contributed by atoms with Gasteiger partial charge in [0.15, 0.2) is 0 Å². The van der Waals surface area contributed by atoms with Gasteiger partial charge in [0.2, 0.25) is 11.6 Å². The monoisotopic (exact) mass is 343 g/mol. The fraction of sp³-hybridized carbons (Fsp3) is 0.412. The Labute approximate surface area is 145 Å². The number of hydrogen-bond acceptors (Lipinski definition) is 6. The van der Waals surface area contributed by atoms with Crippen molar-refractivity contribution in [3.63, 3.8) is 0 Å². The van der Waals surface area contributed by atoms with Crippen LogP contribution in [0, 0.1) is 6.92 Å². The van der Waals surface area contributed by atoms with E-state index in [9.17, 15) is 9.59 Å². The van der Waals surface area contributed by atoms with Gasteiger partial charge in [-0.25, -0.2) is 0 Å². The Balaban J connectivity index is 1.80. The average Bonchev–Trinajstić information content (AvgIpc) is 3.04. The predicted octanol–water partition coefficient (Wildman–Crippen LogP) is 0.865. The second-order valence-corrected chi connectivity index (χ2v) is 5.89. The van der Waals surface area contributed by atoms with E-state index >= 15 is 0 Å². The summed E-state index contributed by atoms with van der Waals surface area (Å²) in [6, 6.07) is 7.97. The summed E-state index contributed by atoms with van der Waals surface area (Å²) in [6.45, 7) is 4.07. The quantitative estimate of drug-likeness (QED) is 0.783. The van der Waals surface area contributed by atoms with Crippen LogP contribution in [0.15, 0.2) is 29.1 Å². The zero-order valence-corrected chi connectivity index (χ0v) is 14.4. The largest absolute Gasteiger partial charge is 0.385 e. The summed E-state index contributed by atoms with van der Waals surface area (Å²) in [4.78, 5) is 26.6. The highest BCUT2D eigenvalue weighted by Gasteiger charge is 2.27. The summed E-state index contributed by atoms with van der Waals surface area (Å²) >= 11 is 0. The van der Waals surface area contributed by atoms with Gasteiger partial charge in [-0.1, -0.05) is 17.7 Å². The van der Waals surface area contributed by atoms with Crippen LogP contribution >= 0.6 is 0 Å². The molecule has 2 aromatic rings.